The summed E-state index contributed by atoms with van der Waals surface area (Å²) in [6, 6.07) is 18.5. The lowest BCUT2D eigenvalue weighted by molar-refractivity contribution is 0.0988. The summed E-state index contributed by atoms with van der Waals surface area (Å²) < 4.78 is 1.14. The fraction of sp³-hybridized carbons (Fsp3) is 0.333. The van der Waals surface area contributed by atoms with Crippen LogP contribution in [-0.4, -0.2) is 24.0 Å². The smallest absolute Gasteiger partial charge is 0.268 e. The molecule has 2 aromatic heterocycles. The van der Waals surface area contributed by atoms with Crippen molar-refractivity contribution in [2.45, 2.75) is 45.6 Å². The van der Waals surface area contributed by atoms with E-state index < -0.39 is 0 Å². The second-order valence-corrected chi connectivity index (χ2v) is 10.8. The first-order chi connectivity index (χ1) is 16.1. The molecule has 5 rings (SSSR count). The molecule has 3 heterocycles. The van der Waals surface area contributed by atoms with Crippen LogP contribution in [0.25, 0.3) is 10.1 Å². The zero-order valence-electron chi connectivity index (χ0n) is 19.2. The molecule has 1 aliphatic heterocycles. The third-order valence-corrected chi connectivity index (χ3v) is 8.27. The zero-order chi connectivity index (χ0) is 22.8. The number of thiazole rings is 1. The van der Waals surface area contributed by atoms with E-state index in [4.69, 9.17) is 4.98 Å². The maximum atomic E-state index is 13.9. The van der Waals surface area contributed by atoms with Gasteiger partial charge in [-0.15, -0.1) is 22.7 Å². The average Bonchev–Trinajstić information content (AvgIpc) is 3.50. The van der Waals surface area contributed by atoms with Crippen molar-refractivity contribution < 1.29 is 4.79 Å². The first-order valence-electron chi connectivity index (χ1n) is 11.7. The summed E-state index contributed by atoms with van der Waals surface area (Å²) in [5.74, 6) is 0.357. The van der Waals surface area contributed by atoms with Crippen LogP contribution in [0.4, 0.5) is 10.8 Å². The maximum Gasteiger partial charge on any atom is 0.268 e. The highest BCUT2D eigenvalue weighted by Crippen LogP contribution is 2.33. The summed E-state index contributed by atoms with van der Waals surface area (Å²) in [6.07, 6.45) is 3.76. The second-order valence-electron chi connectivity index (χ2n) is 8.92. The van der Waals surface area contributed by atoms with Crippen molar-refractivity contribution >= 4 is 49.5 Å². The minimum atomic E-state index is 0.0387. The van der Waals surface area contributed by atoms with E-state index in [2.05, 4.69) is 54.5 Å². The van der Waals surface area contributed by atoms with Gasteiger partial charge in [-0.05, 0) is 54.3 Å². The third kappa shape index (κ3) is 4.68. The number of amides is 1. The predicted octanol–water partition coefficient (Wildman–Crippen LogP) is 7.32. The molecule has 33 heavy (non-hydrogen) atoms. The lowest BCUT2D eigenvalue weighted by Gasteiger charge is -2.26. The normalized spacial score (nSPS) is 14.2. The topological polar surface area (TPSA) is 36.4 Å². The van der Waals surface area contributed by atoms with Gasteiger partial charge in [0.1, 0.15) is 0 Å². The van der Waals surface area contributed by atoms with Gasteiger partial charge in [0.2, 0.25) is 0 Å². The van der Waals surface area contributed by atoms with Gasteiger partial charge in [0, 0.05) is 28.9 Å². The summed E-state index contributed by atoms with van der Waals surface area (Å²) in [5, 5.41) is 4.31. The van der Waals surface area contributed by atoms with E-state index in [9.17, 15) is 4.79 Å². The van der Waals surface area contributed by atoms with Gasteiger partial charge in [0.25, 0.3) is 5.91 Å². The highest BCUT2D eigenvalue weighted by atomic mass is 32.1. The Morgan fingerprint density at radius 2 is 1.82 bits per heavy atom. The Hall–Kier alpha value is -2.70. The summed E-state index contributed by atoms with van der Waals surface area (Å²) in [6.45, 7) is 6.98. The van der Waals surface area contributed by atoms with Crippen molar-refractivity contribution in [3.63, 3.8) is 0 Å². The molecule has 170 valence electrons. The van der Waals surface area contributed by atoms with Gasteiger partial charge >= 0.3 is 0 Å². The molecule has 0 saturated carbocycles. The highest BCUT2D eigenvalue weighted by molar-refractivity contribution is 7.20. The summed E-state index contributed by atoms with van der Waals surface area (Å²) in [7, 11) is 0. The fourth-order valence-corrected chi connectivity index (χ4v) is 6.35. The summed E-state index contributed by atoms with van der Waals surface area (Å²) >= 11 is 3.26. The number of aromatic nitrogens is 1. The Labute approximate surface area is 203 Å². The predicted molar refractivity (Wildman–Crippen MR) is 141 cm³/mol. The van der Waals surface area contributed by atoms with Gasteiger partial charge in [-0.1, -0.05) is 50.2 Å². The molecule has 0 N–H and O–H groups in total. The van der Waals surface area contributed by atoms with E-state index in [0.29, 0.717) is 12.5 Å². The first-order valence-corrected chi connectivity index (χ1v) is 13.4. The molecular formula is C27H29N3OS2. The maximum absolute atomic E-state index is 13.9. The van der Waals surface area contributed by atoms with Crippen molar-refractivity contribution in [2.24, 2.45) is 0 Å². The molecule has 6 heteroatoms. The molecule has 1 aliphatic rings. The van der Waals surface area contributed by atoms with E-state index >= 15 is 0 Å². The monoisotopic (exact) mass is 475 g/mol. The van der Waals surface area contributed by atoms with Crippen molar-refractivity contribution in [1.82, 2.24) is 4.98 Å². The van der Waals surface area contributed by atoms with Gasteiger partial charge in [-0.3, -0.25) is 4.79 Å². The Morgan fingerprint density at radius 1 is 1.06 bits per heavy atom. The summed E-state index contributed by atoms with van der Waals surface area (Å²) in [4.78, 5) is 23.9. The van der Waals surface area contributed by atoms with Gasteiger partial charge in [0.15, 0.2) is 5.13 Å². The number of benzene rings is 2. The third-order valence-electron chi connectivity index (χ3n) is 6.22. The highest BCUT2D eigenvalue weighted by Gasteiger charge is 2.25. The van der Waals surface area contributed by atoms with Crippen LogP contribution >= 0.6 is 22.7 Å². The quantitative estimate of drug-likeness (QED) is 0.293. The fourth-order valence-electron chi connectivity index (χ4n) is 4.47. The number of carbonyl (C=O) groups is 1. The molecule has 0 aliphatic carbocycles. The van der Waals surface area contributed by atoms with E-state index in [1.54, 1.807) is 22.7 Å². The van der Waals surface area contributed by atoms with Crippen LogP contribution in [0, 0.1) is 0 Å². The first kappa shape index (κ1) is 22.1. The summed E-state index contributed by atoms with van der Waals surface area (Å²) in [5.41, 5.74) is 3.11. The molecule has 1 amide bonds. The Bertz CT molecular complexity index is 1220. The lowest BCUT2D eigenvalue weighted by atomic mass is 10.00. The van der Waals surface area contributed by atoms with Gasteiger partial charge in [-0.25, -0.2) is 4.98 Å². The SMILES string of the molecule is CC(C)c1ccccc1N(Cc1csc(N2CCCCC2)n1)C(=O)c1cc2ccccc2s1. The van der Waals surface area contributed by atoms with Crippen LogP contribution in [-0.2, 0) is 6.54 Å². The molecule has 0 atom stereocenters. The van der Waals surface area contributed by atoms with Crippen LogP contribution in [0.15, 0.2) is 60.0 Å². The standard InChI is InChI=1S/C27H29N3OS2/c1-19(2)22-11-5-6-12-23(22)30(26(31)25-16-20-10-4-7-13-24(20)33-25)17-21-18-32-27(28-21)29-14-8-3-9-15-29/h4-7,10-13,16,18-19H,3,8-9,14-15,17H2,1-2H3. The van der Waals surface area contributed by atoms with Crippen LogP contribution in [0.3, 0.4) is 0 Å². The molecular weight excluding hydrogens is 446 g/mol. The molecule has 2 aromatic carbocycles. The van der Waals surface area contributed by atoms with Crippen LogP contribution < -0.4 is 9.80 Å². The minimum Gasteiger partial charge on any atom is -0.348 e. The lowest BCUT2D eigenvalue weighted by Crippen LogP contribution is -2.31. The Morgan fingerprint density at radius 3 is 2.61 bits per heavy atom. The number of carbonyl (C=O) groups excluding carboxylic acids is 1. The van der Waals surface area contributed by atoms with Crippen molar-refractivity contribution in [3.8, 4) is 0 Å². The number of nitrogens with zero attached hydrogens (tertiary/aromatic N) is 3. The van der Waals surface area contributed by atoms with Crippen molar-refractivity contribution in [3.05, 3.63) is 76.1 Å². The molecule has 0 unspecified atom stereocenters. The van der Waals surface area contributed by atoms with Crippen molar-refractivity contribution in [1.29, 1.82) is 0 Å². The van der Waals surface area contributed by atoms with Crippen LogP contribution in [0.1, 0.15) is 60.0 Å². The average molecular weight is 476 g/mol. The molecule has 4 aromatic rings. The van der Waals surface area contributed by atoms with E-state index in [0.717, 1.165) is 44.6 Å². The van der Waals surface area contributed by atoms with Crippen molar-refractivity contribution in [2.75, 3.05) is 22.9 Å². The van der Waals surface area contributed by atoms with Gasteiger partial charge in [0.05, 0.1) is 17.1 Å². The van der Waals surface area contributed by atoms with Gasteiger partial charge < -0.3 is 9.80 Å². The zero-order valence-corrected chi connectivity index (χ0v) is 20.8. The number of hydrogen-bond acceptors (Lipinski definition) is 5. The second kappa shape index (κ2) is 9.65. The van der Waals surface area contributed by atoms with E-state index in [1.807, 2.05) is 29.2 Å². The number of fused-ring (bicyclic) bond motifs is 1. The number of anilines is 2. The Balaban J connectivity index is 1.50. The molecule has 1 saturated heterocycles. The molecule has 0 bridgehead atoms. The Kier molecular flexibility index (Phi) is 6.47. The van der Waals surface area contributed by atoms with Gasteiger partial charge in [-0.2, -0.15) is 0 Å². The number of hydrogen-bond donors (Lipinski definition) is 0. The minimum absolute atomic E-state index is 0.0387. The van der Waals surface area contributed by atoms with E-state index in [-0.39, 0.29) is 5.91 Å². The number of para-hydroxylation sites is 1. The largest absolute Gasteiger partial charge is 0.348 e. The van der Waals surface area contributed by atoms with Crippen LogP contribution in [0.2, 0.25) is 0 Å². The molecule has 0 radical (unpaired) electrons. The molecule has 0 spiro atoms. The number of rotatable bonds is 6. The van der Waals surface area contributed by atoms with E-state index in [1.165, 1.54) is 24.8 Å². The molecule has 1 fully saturated rings. The number of piperidine rings is 1. The van der Waals surface area contributed by atoms with Crippen LogP contribution in [0.5, 0.6) is 0 Å². The molecule has 4 nitrogen and oxygen atoms in total. The number of thiophene rings is 1.